The lowest BCUT2D eigenvalue weighted by Gasteiger charge is -2.14. The van der Waals surface area contributed by atoms with Gasteiger partial charge >= 0.3 is 6.61 Å². The molecular formula is C22H22F2N4O4. The SMILES string of the molecule is CN(C(=O)c1nc(-c2ccc(OC(F)F)c(OCC3CC3)c2)oc1CN)c1ccccn1. The van der Waals surface area contributed by atoms with Gasteiger partial charge in [-0.05, 0) is 49.1 Å². The Morgan fingerprint density at radius 1 is 1.28 bits per heavy atom. The molecule has 10 heteroatoms. The van der Waals surface area contributed by atoms with E-state index in [0.29, 0.717) is 23.9 Å². The second-order valence-corrected chi connectivity index (χ2v) is 7.34. The molecule has 0 saturated heterocycles. The quantitative estimate of drug-likeness (QED) is 0.534. The van der Waals surface area contributed by atoms with Gasteiger partial charge < -0.3 is 19.6 Å². The number of carbonyl (C=O) groups is 1. The van der Waals surface area contributed by atoms with Gasteiger partial charge in [-0.25, -0.2) is 9.97 Å². The minimum atomic E-state index is -2.99. The number of amides is 1. The largest absolute Gasteiger partial charge is 0.489 e. The predicted molar refractivity (Wildman–Crippen MR) is 112 cm³/mol. The molecule has 2 N–H and O–H groups in total. The highest BCUT2D eigenvalue weighted by atomic mass is 19.3. The number of anilines is 1. The Kier molecular flexibility index (Phi) is 6.31. The number of carbonyl (C=O) groups excluding carboxylic acids is 1. The van der Waals surface area contributed by atoms with E-state index in [2.05, 4.69) is 14.7 Å². The minimum absolute atomic E-state index is 0.0454. The van der Waals surface area contributed by atoms with Gasteiger partial charge in [-0.1, -0.05) is 6.07 Å². The minimum Gasteiger partial charge on any atom is -0.489 e. The van der Waals surface area contributed by atoms with Crippen LogP contribution in [0.3, 0.4) is 0 Å². The predicted octanol–water partition coefficient (Wildman–Crippen LogP) is 3.86. The summed E-state index contributed by atoms with van der Waals surface area (Å²) in [5.74, 6) is 0.789. The van der Waals surface area contributed by atoms with Crippen LogP contribution in [0.1, 0.15) is 29.1 Å². The van der Waals surface area contributed by atoms with Gasteiger partial charge in [0.05, 0.1) is 13.2 Å². The first-order chi connectivity index (χ1) is 15.5. The van der Waals surface area contributed by atoms with Crippen molar-refractivity contribution in [2.75, 3.05) is 18.6 Å². The molecule has 1 aliphatic carbocycles. The maximum atomic E-state index is 13.0. The summed E-state index contributed by atoms with van der Waals surface area (Å²) < 4.78 is 41.5. The number of ether oxygens (including phenoxy) is 2. The maximum Gasteiger partial charge on any atom is 0.387 e. The standard InChI is InChI=1S/C22H22F2N4O4/c1-28(18-4-2-3-9-26-18)21(29)19-17(11-25)31-20(27-19)14-7-8-15(32-22(23)24)16(10-14)30-12-13-5-6-13/h2-4,7-10,13,22H,5-6,11-12,25H2,1H3. The molecule has 32 heavy (non-hydrogen) atoms. The molecule has 1 aromatic carbocycles. The molecular weight excluding hydrogens is 422 g/mol. The number of rotatable bonds is 9. The summed E-state index contributed by atoms with van der Waals surface area (Å²) >= 11 is 0. The molecule has 1 fully saturated rings. The average molecular weight is 444 g/mol. The van der Waals surface area contributed by atoms with Gasteiger partial charge in [-0.3, -0.25) is 9.69 Å². The number of halogens is 2. The molecule has 1 saturated carbocycles. The van der Waals surface area contributed by atoms with E-state index in [1.54, 1.807) is 31.4 Å². The summed E-state index contributed by atoms with van der Waals surface area (Å²) in [6, 6.07) is 9.55. The van der Waals surface area contributed by atoms with E-state index in [0.717, 1.165) is 12.8 Å². The average Bonchev–Trinajstić information content (AvgIpc) is 3.53. The van der Waals surface area contributed by atoms with E-state index in [4.69, 9.17) is 14.9 Å². The fraction of sp³-hybridized carbons (Fsp3) is 0.318. The molecule has 2 aromatic heterocycles. The Labute approximate surface area is 183 Å². The van der Waals surface area contributed by atoms with Crippen molar-refractivity contribution >= 4 is 11.7 Å². The number of pyridine rings is 1. The molecule has 168 valence electrons. The first-order valence-corrected chi connectivity index (χ1v) is 10.1. The van der Waals surface area contributed by atoms with Gasteiger partial charge in [0.25, 0.3) is 5.91 Å². The summed E-state index contributed by atoms with van der Waals surface area (Å²) in [6.07, 6.45) is 3.66. The van der Waals surface area contributed by atoms with Gasteiger partial charge in [0.2, 0.25) is 5.89 Å². The fourth-order valence-corrected chi connectivity index (χ4v) is 3.04. The lowest BCUT2D eigenvalue weighted by Crippen LogP contribution is -2.28. The Morgan fingerprint density at radius 3 is 2.75 bits per heavy atom. The zero-order valence-corrected chi connectivity index (χ0v) is 17.3. The van der Waals surface area contributed by atoms with Crippen molar-refractivity contribution in [1.82, 2.24) is 9.97 Å². The van der Waals surface area contributed by atoms with E-state index >= 15 is 0 Å². The van der Waals surface area contributed by atoms with E-state index in [9.17, 15) is 13.6 Å². The van der Waals surface area contributed by atoms with Gasteiger partial charge in [-0.15, -0.1) is 0 Å². The van der Waals surface area contributed by atoms with Gasteiger partial charge in [0.1, 0.15) is 5.82 Å². The fourth-order valence-electron chi connectivity index (χ4n) is 3.04. The molecule has 1 amide bonds. The summed E-state index contributed by atoms with van der Waals surface area (Å²) in [5, 5.41) is 0. The third-order valence-electron chi connectivity index (χ3n) is 4.96. The summed E-state index contributed by atoms with van der Waals surface area (Å²) in [6.45, 7) is -2.63. The van der Waals surface area contributed by atoms with Crippen molar-refractivity contribution in [2.45, 2.75) is 26.0 Å². The van der Waals surface area contributed by atoms with Crippen LogP contribution in [-0.2, 0) is 6.54 Å². The van der Waals surface area contributed by atoms with E-state index in [1.165, 1.54) is 23.1 Å². The molecule has 0 bridgehead atoms. The third-order valence-corrected chi connectivity index (χ3v) is 4.96. The Bertz CT molecular complexity index is 1090. The number of alkyl halides is 2. The number of benzene rings is 1. The first-order valence-electron chi connectivity index (χ1n) is 10.1. The molecule has 2 heterocycles. The van der Waals surface area contributed by atoms with Gasteiger partial charge in [-0.2, -0.15) is 8.78 Å². The molecule has 8 nitrogen and oxygen atoms in total. The van der Waals surface area contributed by atoms with E-state index in [1.807, 2.05) is 0 Å². The van der Waals surface area contributed by atoms with Gasteiger partial charge in [0, 0.05) is 18.8 Å². The molecule has 0 radical (unpaired) electrons. The zero-order valence-electron chi connectivity index (χ0n) is 17.3. The number of nitrogens with zero attached hydrogens (tertiary/aromatic N) is 3. The normalized spacial score (nSPS) is 13.3. The molecule has 0 unspecified atom stereocenters. The van der Waals surface area contributed by atoms with Crippen LogP contribution in [0.2, 0.25) is 0 Å². The Hall–Kier alpha value is -3.53. The second-order valence-electron chi connectivity index (χ2n) is 7.34. The van der Waals surface area contributed by atoms with Crippen LogP contribution < -0.4 is 20.1 Å². The van der Waals surface area contributed by atoms with E-state index < -0.39 is 12.5 Å². The van der Waals surface area contributed by atoms with Crippen molar-refractivity contribution in [2.24, 2.45) is 11.7 Å². The molecule has 1 aliphatic rings. The highest BCUT2D eigenvalue weighted by Gasteiger charge is 2.26. The van der Waals surface area contributed by atoms with Crippen molar-refractivity contribution in [3.05, 3.63) is 54.0 Å². The molecule has 0 spiro atoms. The zero-order chi connectivity index (χ0) is 22.7. The van der Waals surface area contributed by atoms with Crippen LogP contribution in [0.5, 0.6) is 11.5 Å². The van der Waals surface area contributed by atoms with Crippen molar-refractivity contribution in [3.63, 3.8) is 0 Å². The van der Waals surface area contributed by atoms with Crippen molar-refractivity contribution < 1.29 is 27.5 Å². The van der Waals surface area contributed by atoms with Crippen molar-refractivity contribution in [1.29, 1.82) is 0 Å². The number of aromatic nitrogens is 2. The number of hydrogen-bond acceptors (Lipinski definition) is 7. The van der Waals surface area contributed by atoms with Crippen molar-refractivity contribution in [3.8, 4) is 23.0 Å². The summed E-state index contributed by atoms with van der Waals surface area (Å²) in [7, 11) is 1.57. The number of oxazole rings is 1. The van der Waals surface area contributed by atoms with Crippen LogP contribution in [-0.4, -0.2) is 36.1 Å². The lowest BCUT2D eigenvalue weighted by atomic mass is 10.2. The van der Waals surface area contributed by atoms with Crippen LogP contribution in [0.25, 0.3) is 11.5 Å². The van der Waals surface area contributed by atoms with E-state index in [-0.39, 0.29) is 35.4 Å². The smallest absolute Gasteiger partial charge is 0.387 e. The second kappa shape index (κ2) is 9.31. The molecule has 0 atom stereocenters. The number of nitrogens with two attached hydrogens (primary N) is 1. The third kappa shape index (κ3) is 4.86. The Morgan fingerprint density at radius 2 is 2.09 bits per heavy atom. The van der Waals surface area contributed by atoms with Crippen LogP contribution in [0.15, 0.2) is 47.0 Å². The van der Waals surface area contributed by atoms with Crippen LogP contribution in [0, 0.1) is 5.92 Å². The molecule has 0 aliphatic heterocycles. The monoisotopic (exact) mass is 444 g/mol. The maximum absolute atomic E-state index is 13.0. The molecule has 3 aromatic rings. The first kappa shape index (κ1) is 21.7. The summed E-state index contributed by atoms with van der Waals surface area (Å²) in [5.41, 5.74) is 6.25. The highest BCUT2D eigenvalue weighted by molar-refractivity contribution is 6.04. The van der Waals surface area contributed by atoms with Crippen LogP contribution >= 0.6 is 0 Å². The van der Waals surface area contributed by atoms with Gasteiger partial charge in [0.15, 0.2) is 23.0 Å². The molecule has 4 rings (SSSR count). The van der Waals surface area contributed by atoms with Crippen LogP contribution in [0.4, 0.5) is 14.6 Å². The summed E-state index contributed by atoms with van der Waals surface area (Å²) in [4.78, 5) is 22.8. The topological polar surface area (TPSA) is 104 Å². The Balaban J connectivity index is 1.63. The number of hydrogen-bond donors (Lipinski definition) is 1. The lowest BCUT2D eigenvalue weighted by molar-refractivity contribution is -0.0515. The highest BCUT2D eigenvalue weighted by Crippen LogP contribution is 2.36.